The van der Waals surface area contributed by atoms with Crippen molar-refractivity contribution in [1.82, 2.24) is 35.5 Å². The lowest BCUT2D eigenvalue weighted by atomic mass is 10.1. The van der Waals surface area contributed by atoms with Gasteiger partial charge in [0, 0.05) is 10.9 Å². The molecule has 8 nitrogen and oxygen atoms in total. The number of amides is 1. The van der Waals surface area contributed by atoms with Gasteiger partial charge in [-0.05, 0) is 43.3 Å². The number of para-hydroxylation sites is 3. The van der Waals surface area contributed by atoms with Crippen LogP contribution in [0.5, 0.6) is 0 Å². The molecule has 6 rings (SSSR count). The van der Waals surface area contributed by atoms with Gasteiger partial charge in [0.1, 0.15) is 11.5 Å². The minimum absolute atomic E-state index is 0.186. The molecule has 0 saturated carbocycles. The molecule has 0 aliphatic carbocycles. The number of aromatic nitrogens is 6. The molecule has 8 heteroatoms. The quantitative estimate of drug-likeness (QED) is 0.336. The second kappa shape index (κ2) is 7.05. The van der Waals surface area contributed by atoms with E-state index in [9.17, 15) is 4.79 Å². The molecule has 0 aliphatic heterocycles. The van der Waals surface area contributed by atoms with Crippen molar-refractivity contribution in [2.24, 2.45) is 0 Å². The first-order chi connectivity index (χ1) is 15.7. The number of fused-ring (bicyclic) bond motifs is 3. The van der Waals surface area contributed by atoms with Crippen LogP contribution in [-0.4, -0.2) is 36.0 Å². The van der Waals surface area contributed by atoms with E-state index in [1.807, 2.05) is 61.5 Å². The molecule has 1 atom stereocenters. The zero-order valence-corrected chi connectivity index (χ0v) is 17.2. The van der Waals surface area contributed by atoms with Crippen LogP contribution in [0.2, 0.25) is 0 Å². The van der Waals surface area contributed by atoms with Crippen LogP contribution in [0.4, 0.5) is 0 Å². The van der Waals surface area contributed by atoms with Gasteiger partial charge in [-0.2, -0.15) is 5.10 Å². The summed E-state index contributed by atoms with van der Waals surface area (Å²) < 4.78 is 0. The highest BCUT2D eigenvalue weighted by atomic mass is 16.1. The SMILES string of the molecule is CC(NC(=O)c1ccc2[nH]c(-c3n[nH]c4ccccc34)nc2c1)c1nc2ccccc2[nH]1. The summed E-state index contributed by atoms with van der Waals surface area (Å²) in [5.41, 5.74) is 5.60. The molecule has 3 heterocycles. The average Bonchev–Trinajstić information content (AvgIpc) is 3.53. The van der Waals surface area contributed by atoms with Gasteiger partial charge in [-0.1, -0.05) is 30.3 Å². The molecule has 3 aromatic carbocycles. The Morgan fingerprint density at radius 3 is 2.53 bits per heavy atom. The smallest absolute Gasteiger partial charge is 0.251 e. The molecule has 0 saturated heterocycles. The minimum Gasteiger partial charge on any atom is -0.342 e. The Morgan fingerprint density at radius 1 is 0.875 bits per heavy atom. The van der Waals surface area contributed by atoms with E-state index >= 15 is 0 Å². The summed E-state index contributed by atoms with van der Waals surface area (Å²) in [6.45, 7) is 1.91. The molecule has 0 aliphatic rings. The molecule has 0 fully saturated rings. The molecule has 3 aromatic heterocycles. The Kier molecular flexibility index (Phi) is 4.04. The number of H-pyrrole nitrogens is 3. The number of hydrogen-bond acceptors (Lipinski definition) is 4. The molecule has 1 unspecified atom stereocenters. The van der Waals surface area contributed by atoms with Crippen LogP contribution in [0.3, 0.4) is 0 Å². The summed E-state index contributed by atoms with van der Waals surface area (Å²) in [5, 5.41) is 11.4. The van der Waals surface area contributed by atoms with Crippen LogP contribution in [0.15, 0.2) is 66.7 Å². The molecule has 0 spiro atoms. The standard InChI is InChI=1S/C24H19N7O/c1-13(22-26-17-8-4-5-9-18(17)27-22)25-24(32)14-10-11-19-20(12-14)29-23(28-19)21-15-6-2-3-7-16(15)30-31-21/h2-13H,1H3,(H,25,32)(H,26,27)(H,28,29)(H,30,31). The average molecular weight is 421 g/mol. The number of hydrogen-bond donors (Lipinski definition) is 4. The van der Waals surface area contributed by atoms with E-state index < -0.39 is 0 Å². The molecular weight excluding hydrogens is 402 g/mol. The van der Waals surface area contributed by atoms with Crippen LogP contribution < -0.4 is 5.32 Å². The lowest BCUT2D eigenvalue weighted by Crippen LogP contribution is -2.27. The van der Waals surface area contributed by atoms with Gasteiger partial charge < -0.3 is 15.3 Å². The van der Waals surface area contributed by atoms with E-state index in [0.29, 0.717) is 22.7 Å². The van der Waals surface area contributed by atoms with Crippen molar-refractivity contribution < 1.29 is 4.79 Å². The molecule has 0 bridgehead atoms. The van der Waals surface area contributed by atoms with Gasteiger partial charge in [0.2, 0.25) is 0 Å². The van der Waals surface area contributed by atoms with Gasteiger partial charge in [-0.25, -0.2) is 9.97 Å². The van der Waals surface area contributed by atoms with E-state index in [-0.39, 0.29) is 11.9 Å². The number of carbonyl (C=O) groups is 1. The fraction of sp³-hybridized carbons (Fsp3) is 0.0833. The molecule has 1 amide bonds. The minimum atomic E-state index is -0.268. The predicted octanol–water partition coefficient (Wildman–Crippen LogP) is 4.47. The van der Waals surface area contributed by atoms with E-state index in [4.69, 9.17) is 0 Å². The van der Waals surface area contributed by atoms with Gasteiger partial charge in [0.15, 0.2) is 5.82 Å². The van der Waals surface area contributed by atoms with Gasteiger partial charge >= 0.3 is 0 Å². The van der Waals surface area contributed by atoms with Crippen molar-refractivity contribution in [2.75, 3.05) is 0 Å². The Bertz CT molecular complexity index is 1570. The van der Waals surface area contributed by atoms with Crippen molar-refractivity contribution >= 4 is 38.9 Å². The Balaban J connectivity index is 1.28. The van der Waals surface area contributed by atoms with Crippen molar-refractivity contribution in [2.45, 2.75) is 13.0 Å². The van der Waals surface area contributed by atoms with Gasteiger partial charge in [0.05, 0.1) is 33.6 Å². The first-order valence-corrected chi connectivity index (χ1v) is 10.3. The first kappa shape index (κ1) is 18.3. The zero-order chi connectivity index (χ0) is 21.7. The van der Waals surface area contributed by atoms with Crippen molar-refractivity contribution in [1.29, 1.82) is 0 Å². The monoisotopic (exact) mass is 421 g/mol. The number of benzene rings is 3. The fourth-order valence-electron chi connectivity index (χ4n) is 3.93. The lowest BCUT2D eigenvalue weighted by molar-refractivity contribution is 0.0938. The van der Waals surface area contributed by atoms with Crippen molar-refractivity contribution in [3.63, 3.8) is 0 Å². The molecule has 6 aromatic rings. The topological polar surface area (TPSA) is 115 Å². The molecule has 156 valence electrons. The third-order valence-electron chi connectivity index (χ3n) is 5.61. The number of nitrogens with zero attached hydrogens (tertiary/aromatic N) is 3. The summed E-state index contributed by atoms with van der Waals surface area (Å²) >= 11 is 0. The number of imidazole rings is 2. The maximum Gasteiger partial charge on any atom is 0.251 e. The predicted molar refractivity (Wildman–Crippen MR) is 123 cm³/mol. The number of nitrogens with one attached hydrogen (secondary N) is 4. The van der Waals surface area contributed by atoms with E-state index in [0.717, 1.165) is 33.1 Å². The molecule has 32 heavy (non-hydrogen) atoms. The Hall–Kier alpha value is -4.46. The lowest BCUT2D eigenvalue weighted by Gasteiger charge is -2.11. The van der Waals surface area contributed by atoms with Crippen LogP contribution in [0.1, 0.15) is 29.1 Å². The zero-order valence-electron chi connectivity index (χ0n) is 17.2. The van der Waals surface area contributed by atoms with E-state index in [1.165, 1.54) is 0 Å². The Morgan fingerprint density at radius 2 is 1.66 bits per heavy atom. The van der Waals surface area contributed by atoms with E-state index in [1.54, 1.807) is 12.1 Å². The summed E-state index contributed by atoms with van der Waals surface area (Å²) in [4.78, 5) is 28.7. The summed E-state index contributed by atoms with van der Waals surface area (Å²) in [6, 6.07) is 20.9. The molecular formula is C24H19N7O. The number of rotatable bonds is 4. The summed E-state index contributed by atoms with van der Waals surface area (Å²) in [6.07, 6.45) is 0. The number of aromatic amines is 3. The van der Waals surface area contributed by atoms with Crippen LogP contribution >= 0.6 is 0 Å². The van der Waals surface area contributed by atoms with Gasteiger partial charge in [-0.15, -0.1) is 0 Å². The normalized spacial score (nSPS) is 12.5. The highest BCUT2D eigenvalue weighted by Gasteiger charge is 2.17. The van der Waals surface area contributed by atoms with Crippen molar-refractivity contribution in [3.05, 3.63) is 78.1 Å². The van der Waals surface area contributed by atoms with Crippen LogP contribution in [0.25, 0.3) is 44.5 Å². The first-order valence-electron chi connectivity index (χ1n) is 10.3. The second-order valence-electron chi connectivity index (χ2n) is 7.77. The maximum atomic E-state index is 12.9. The third-order valence-corrected chi connectivity index (χ3v) is 5.61. The summed E-state index contributed by atoms with van der Waals surface area (Å²) in [7, 11) is 0. The van der Waals surface area contributed by atoms with Crippen molar-refractivity contribution in [3.8, 4) is 11.5 Å². The number of carbonyl (C=O) groups excluding carboxylic acids is 1. The third kappa shape index (κ3) is 3.01. The van der Waals surface area contributed by atoms with Crippen LogP contribution in [-0.2, 0) is 0 Å². The van der Waals surface area contributed by atoms with Gasteiger partial charge in [0.25, 0.3) is 5.91 Å². The van der Waals surface area contributed by atoms with Gasteiger partial charge in [-0.3, -0.25) is 9.89 Å². The fourth-order valence-corrected chi connectivity index (χ4v) is 3.93. The highest BCUT2D eigenvalue weighted by molar-refractivity contribution is 5.98. The molecule has 0 radical (unpaired) electrons. The highest BCUT2D eigenvalue weighted by Crippen LogP contribution is 2.26. The van der Waals surface area contributed by atoms with E-state index in [2.05, 4.69) is 35.5 Å². The molecule has 4 N–H and O–H groups in total. The largest absolute Gasteiger partial charge is 0.342 e. The van der Waals surface area contributed by atoms with Crippen LogP contribution in [0, 0.1) is 0 Å². The Labute approximate surface area is 182 Å². The second-order valence-corrected chi connectivity index (χ2v) is 7.77. The summed E-state index contributed by atoms with van der Waals surface area (Å²) in [5.74, 6) is 1.19. The maximum absolute atomic E-state index is 12.9.